The van der Waals surface area contributed by atoms with Gasteiger partial charge in [-0.05, 0) is 26.0 Å². The Kier molecular flexibility index (Phi) is 4.92. The van der Waals surface area contributed by atoms with Gasteiger partial charge in [0.2, 0.25) is 0 Å². The maximum Gasteiger partial charge on any atom is 0.263 e. The molecular weight excluding hydrogens is 306 g/mol. The molecule has 0 atom stereocenters. The lowest BCUT2D eigenvalue weighted by molar-refractivity contribution is 0.287. The number of benzene rings is 1. The van der Waals surface area contributed by atoms with Crippen LogP contribution in [0, 0.1) is 0 Å². The molecule has 0 saturated heterocycles. The zero-order valence-electron chi connectivity index (χ0n) is 12.7. The predicted molar refractivity (Wildman–Crippen MR) is 82.8 cm³/mol. The van der Waals surface area contributed by atoms with E-state index in [4.69, 9.17) is 9.47 Å². The summed E-state index contributed by atoms with van der Waals surface area (Å²) in [6.07, 6.45) is 1.65. The highest BCUT2D eigenvalue weighted by molar-refractivity contribution is 7.92. The van der Waals surface area contributed by atoms with Crippen LogP contribution in [0.4, 0.5) is 5.82 Å². The Bertz CT molecular complexity index is 740. The molecule has 0 radical (unpaired) electrons. The van der Waals surface area contributed by atoms with Gasteiger partial charge in [0.1, 0.15) is 0 Å². The van der Waals surface area contributed by atoms with Gasteiger partial charge in [0.05, 0.1) is 18.1 Å². The summed E-state index contributed by atoms with van der Waals surface area (Å²) in [5, 5.41) is 4.00. The van der Waals surface area contributed by atoms with Crippen LogP contribution in [-0.2, 0) is 17.1 Å². The van der Waals surface area contributed by atoms with Crippen molar-refractivity contribution in [2.24, 2.45) is 7.05 Å². The molecule has 1 heterocycles. The molecule has 0 fully saturated rings. The van der Waals surface area contributed by atoms with Gasteiger partial charge < -0.3 is 9.47 Å². The van der Waals surface area contributed by atoms with E-state index in [1.807, 2.05) is 13.8 Å². The Morgan fingerprint density at radius 3 is 2.41 bits per heavy atom. The third-order valence-corrected chi connectivity index (χ3v) is 4.13. The molecule has 0 saturated carbocycles. The zero-order valence-corrected chi connectivity index (χ0v) is 13.6. The van der Waals surface area contributed by atoms with Crippen LogP contribution < -0.4 is 14.2 Å². The number of nitrogens with one attached hydrogen (secondary N) is 1. The molecule has 0 bridgehead atoms. The molecule has 1 aromatic heterocycles. The Hall–Kier alpha value is -2.22. The van der Waals surface area contributed by atoms with Crippen LogP contribution >= 0.6 is 0 Å². The molecule has 120 valence electrons. The second-order valence-corrected chi connectivity index (χ2v) is 6.14. The van der Waals surface area contributed by atoms with Crippen LogP contribution in [0.5, 0.6) is 11.5 Å². The molecule has 22 heavy (non-hydrogen) atoms. The van der Waals surface area contributed by atoms with E-state index >= 15 is 0 Å². The van der Waals surface area contributed by atoms with Crippen molar-refractivity contribution in [2.45, 2.75) is 18.7 Å². The van der Waals surface area contributed by atoms with Gasteiger partial charge in [-0.25, -0.2) is 8.42 Å². The maximum atomic E-state index is 12.4. The highest BCUT2D eigenvalue weighted by atomic mass is 32.2. The largest absolute Gasteiger partial charge is 0.490 e. The number of hydrogen-bond donors (Lipinski definition) is 1. The maximum absolute atomic E-state index is 12.4. The van der Waals surface area contributed by atoms with Gasteiger partial charge in [-0.2, -0.15) is 5.10 Å². The number of rotatable bonds is 7. The number of aromatic nitrogens is 2. The SMILES string of the molecule is CCOc1ccc(S(=O)(=O)Nc2ccn(C)n2)cc1OCC. The minimum Gasteiger partial charge on any atom is -0.490 e. The molecule has 0 aliphatic rings. The van der Waals surface area contributed by atoms with E-state index < -0.39 is 10.0 Å². The summed E-state index contributed by atoms with van der Waals surface area (Å²) in [4.78, 5) is 0.0880. The van der Waals surface area contributed by atoms with Crippen LogP contribution in [0.3, 0.4) is 0 Å². The van der Waals surface area contributed by atoms with Crippen molar-refractivity contribution in [3.05, 3.63) is 30.5 Å². The smallest absolute Gasteiger partial charge is 0.263 e. The van der Waals surface area contributed by atoms with Gasteiger partial charge in [-0.3, -0.25) is 9.40 Å². The Balaban J connectivity index is 2.32. The number of nitrogens with zero attached hydrogens (tertiary/aromatic N) is 2. The topological polar surface area (TPSA) is 82.5 Å². The normalized spacial score (nSPS) is 11.2. The summed E-state index contributed by atoms with van der Waals surface area (Å²) in [6.45, 7) is 4.56. The second-order valence-electron chi connectivity index (χ2n) is 4.45. The second kappa shape index (κ2) is 6.69. The Morgan fingerprint density at radius 1 is 1.14 bits per heavy atom. The number of ether oxygens (including phenoxy) is 2. The standard InChI is InChI=1S/C14H19N3O4S/c1-4-20-12-7-6-11(10-13(12)21-5-2)22(18,19)16-14-8-9-17(3)15-14/h6-10H,4-5H2,1-3H3,(H,15,16). The summed E-state index contributed by atoms with van der Waals surface area (Å²) in [7, 11) is -2.02. The first kappa shape index (κ1) is 16.2. The molecule has 1 aromatic carbocycles. The van der Waals surface area contributed by atoms with Gasteiger partial charge in [0.15, 0.2) is 17.3 Å². The molecule has 8 heteroatoms. The Labute approximate surface area is 129 Å². The van der Waals surface area contributed by atoms with Crippen LogP contribution in [-0.4, -0.2) is 31.4 Å². The molecule has 0 unspecified atom stereocenters. The first-order valence-corrected chi connectivity index (χ1v) is 8.36. The predicted octanol–water partition coefficient (Wildman–Crippen LogP) is 2.02. The molecular formula is C14H19N3O4S. The quantitative estimate of drug-likeness (QED) is 0.842. The molecule has 0 aliphatic carbocycles. The van der Waals surface area contributed by atoms with Crippen LogP contribution in [0.15, 0.2) is 35.4 Å². The van der Waals surface area contributed by atoms with Gasteiger partial charge >= 0.3 is 0 Å². The molecule has 2 rings (SSSR count). The summed E-state index contributed by atoms with van der Waals surface area (Å²) in [5.74, 6) is 1.17. The minimum atomic E-state index is -3.73. The fourth-order valence-corrected chi connectivity index (χ4v) is 2.88. The summed E-state index contributed by atoms with van der Waals surface area (Å²) >= 11 is 0. The highest BCUT2D eigenvalue weighted by Gasteiger charge is 2.18. The van der Waals surface area contributed by atoms with Crippen molar-refractivity contribution in [3.63, 3.8) is 0 Å². The molecule has 2 aromatic rings. The van der Waals surface area contributed by atoms with E-state index in [0.29, 0.717) is 24.7 Å². The molecule has 0 amide bonds. The number of anilines is 1. The van der Waals surface area contributed by atoms with Crippen molar-refractivity contribution in [3.8, 4) is 11.5 Å². The third-order valence-electron chi connectivity index (χ3n) is 2.78. The van der Waals surface area contributed by atoms with E-state index in [1.54, 1.807) is 25.4 Å². The fraction of sp³-hybridized carbons (Fsp3) is 0.357. The van der Waals surface area contributed by atoms with Crippen molar-refractivity contribution in [1.29, 1.82) is 0 Å². The lowest BCUT2D eigenvalue weighted by Crippen LogP contribution is -2.14. The first-order valence-electron chi connectivity index (χ1n) is 6.88. The van der Waals surface area contributed by atoms with E-state index in [1.165, 1.54) is 16.8 Å². The summed E-state index contributed by atoms with van der Waals surface area (Å²) in [6, 6.07) is 6.08. The first-order chi connectivity index (χ1) is 10.5. The van der Waals surface area contributed by atoms with Crippen LogP contribution in [0.1, 0.15) is 13.8 Å². The van der Waals surface area contributed by atoms with Gasteiger partial charge in [0, 0.05) is 25.4 Å². The van der Waals surface area contributed by atoms with Gasteiger partial charge in [-0.1, -0.05) is 0 Å². The van der Waals surface area contributed by atoms with Gasteiger partial charge in [0.25, 0.3) is 10.0 Å². The van der Waals surface area contributed by atoms with E-state index in [-0.39, 0.29) is 10.7 Å². The lowest BCUT2D eigenvalue weighted by Gasteiger charge is -2.12. The monoisotopic (exact) mass is 325 g/mol. The van der Waals surface area contributed by atoms with E-state index in [9.17, 15) is 8.42 Å². The van der Waals surface area contributed by atoms with Crippen LogP contribution in [0.2, 0.25) is 0 Å². The lowest BCUT2D eigenvalue weighted by atomic mass is 10.3. The number of hydrogen-bond acceptors (Lipinski definition) is 5. The minimum absolute atomic E-state index is 0.0880. The average Bonchev–Trinajstić information content (AvgIpc) is 2.85. The molecule has 0 aliphatic heterocycles. The third kappa shape index (κ3) is 3.70. The van der Waals surface area contributed by atoms with Crippen molar-refractivity contribution in [1.82, 2.24) is 9.78 Å². The number of sulfonamides is 1. The van der Waals surface area contributed by atoms with Crippen LogP contribution in [0.25, 0.3) is 0 Å². The zero-order chi connectivity index (χ0) is 16.2. The fourth-order valence-electron chi connectivity index (χ4n) is 1.86. The average molecular weight is 325 g/mol. The molecule has 0 spiro atoms. The van der Waals surface area contributed by atoms with Crippen molar-refractivity contribution < 1.29 is 17.9 Å². The van der Waals surface area contributed by atoms with E-state index in [0.717, 1.165) is 0 Å². The summed E-state index contributed by atoms with van der Waals surface area (Å²) < 4.78 is 39.6. The summed E-state index contributed by atoms with van der Waals surface area (Å²) in [5.41, 5.74) is 0. The Morgan fingerprint density at radius 2 is 1.82 bits per heavy atom. The molecule has 7 nitrogen and oxygen atoms in total. The molecule has 1 N–H and O–H groups in total. The van der Waals surface area contributed by atoms with Crippen molar-refractivity contribution in [2.75, 3.05) is 17.9 Å². The van der Waals surface area contributed by atoms with Gasteiger partial charge in [-0.15, -0.1) is 0 Å². The van der Waals surface area contributed by atoms with E-state index in [2.05, 4.69) is 9.82 Å². The highest BCUT2D eigenvalue weighted by Crippen LogP contribution is 2.30. The van der Waals surface area contributed by atoms with Crippen molar-refractivity contribution >= 4 is 15.8 Å². The number of aryl methyl sites for hydroxylation is 1.